The lowest BCUT2D eigenvalue weighted by atomic mass is 10.1. The van der Waals surface area contributed by atoms with Crippen molar-refractivity contribution < 1.29 is 42.1 Å². The van der Waals surface area contributed by atoms with Gasteiger partial charge in [-0.05, 0) is 54.6 Å². The molecule has 0 bridgehead atoms. The maximum absolute atomic E-state index is 12.9. The minimum Gasteiger partial charge on any atom is -0.222 e. The van der Waals surface area contributed by atoms with Gasteiger partial charge in [-0.15, -0.1) is 10.2 Å². The van der Waals surface area contributed by atoms with Gasteiger partial charge in [0.25, 0.3) is 0 Å². The Hall–Kier alpha value is -2.42. The highest BCUT2D eigenvalue weighted by molar-refractivity contribution is 5.62. The number of halogens is 3. The molecule has 0 fully saturated rings. The Morgan fingerprint density at radius 1 is 0.600 bits per heavy atom. The van der Waals surface area contributed by atoms with Gasteiger partial charge in [-0.2, -0.15) is 0 Å². The summed E-state index contributed by atoms with van der Waals surface area (Å²) in [6.45, 7) is 0. The van der Waals surface area contributed by atoms with Crippen molar-refractivity contribution in [2.24, 2.45) is 0 Å². The van der Waals surface area contributed by atoms with Gasteiger partial charge in [-0.1, -0.05) is 0 Å². The number of rotatable bonds is 2. The first-order chi connectivity index (χ1) is 11.7. The van der Waals surface area contributed by atoms with Crippen LogP contribution in [0.4, 0.5) is 8.78 Å². The predicted molar refractivity (Wildman–Crippen MR) is 73.9 cm³/mol. The van der Waals surface area contributed by atoms with E-state index >= 15 is 0 Å². The minimum absolute atomic E-state index is 0.288. The summed E-state index contributed by atoms with van der Waals surface area (Å²) < 4.78 is 65.6. The van der Waals surface area contributed by atoms with Crippen LogP contribution in [0.3, 0.4) is 0 Å². The Balaban J connectivity index is 0.000000399. The van der Waals surface area contributed by atoms with E-state index in [-0.39, 0.29) is 11.6 Å². The van der Waals surface area contributed by atoms with Gasteiger partial charge in [-0.25, -0.2) is 31.8 Å². The average molecular weight is 369 g/mol. The molecule has 0 aliphatic carbocycles. The molecule has 0 spiro atoms. The second-order valence-electron chi connectivity index (χ2n) is 4.75. The lowest BCUT2D eigenvalue weighted by Crippen LogP contribution is -2.68. The molecule has 8 heteroatoms. The zero-order valence-corrected chi connectivity index (χ0v) is 13.3. The normalized spacial score (nSPS) is 10.8. The zero-order chi connectivity index (χ0) is 18.4. The molecule has 0 aliphatic rings. The van der Waals surface area contributed by atoms with Gasteiger partial charge in [0, 0.05) is 12.1 Å². The van der Waals surface area contributed by atoms with Crippen LogP contribution in [0.2, 0.25) is 0 Å². The maximum atomic E-state index is 12.9. The Morgan fingerprint density at radius 3 is 1.24 bits per heavy atom. The Kier molecular flexibility index (Phi) is 6.13. The molecule has 0 amide bonds. The van der Waals surface area contributed by atoms with Gasteiger partial charge < -0.3 is 0 Å². The molecule has 0 aliphatic heterocycles. The predicted octanol–water partition coefficient (Wildman–Crippen LogP) is 0.417. The van der Waals surface area contributed by atoms with Gasteiger partial charge in [0.2, 0.25) is 0 Å². The number of benzene rings is 2. The Morgan fingerprint density at radius 2 is 0.920 bits per heavy atom. The van der Waals surface area contributed by atoms with Crippen LogP contribution in [0.1, 0.15) is 0 Å². The second kappa shape index (κ2) is 8.11. The van der Waals surface area contributed by atoms with E-state index in [0.717, 1.165) is 11.1 Å². The molecule has 0 atom stereocenters. The van der Waals surface area contributed by atoms with Gasteiger partial charge in [0.15, 0.2) is 0 Å². The summed E-state index contributed by atoms with van der Waals surface area (Å²) in [5, 5.41) is 0. The molecular formula is C17H11ClF2O5. The summed E-state index contributed by atoms with van der Waals surface area (Å²) in [4.78, 5) is 0. The molecular weight excluding hydrogens is 358 g/mol. The Bertz CT molecular complexity index is 751. The molecule has 3 rings (SSSR count). The third-order valence-electron chi connectivity index (χ3n) is 2.97. The molecule has 0 unspecified atom stereocenters. The minimum atomic E-state index is -4.94. The topological polar surface area (TPSA) is 104 Å². The van der Waals surface area contributed by atoms with Crippen LogP contribution in [0.25, 0.3) is 22.6 Å². The van der Waals surface area contributed by atoms with Crippen LogP contribution >= 0.6 is 0 Å². The van der Waals surface area contributed by atoms with E-state index in [0.29, 0.717) is 11.5 Å². The smallest absolute Gasteiger partial charge is 0.222 e. The van der Waals surface area contributed by atoms with Gasteiger partial charge in [0.05, 0.1) is 11.1 Å². The highest BCUT2D eigenvalue weighted by atomic mass is 35.7. The van der Waals surface area contributed by atoms with Crippen LogP contribution < -0.4 is 18.6 Å². The fourth-order valence-electron chi connectivity index (χ4n) is 1.95. The maximum Gasteiger partial charge on any atom is 0.360 e. The quantitative estimate of drug-likeness (QED) is 0.610. The lowest BCUT2D eigenvalue weighted by Gasteiger charge is -2.17. The summed E-state index contributed by atoms with van der Waals surface area (Å²) in [5.74, 6) is 0.686. The molecule has 5 nitrogen and oxygen atoms in total. The number of hydrogen-bond acceptors (Lipinski definition) is 4. The number of hydrogen-bond donors (Lipinski definition) is 0. The van der Waals surface area contributed by atoms with Crippen molar-refractivity contribution in [3.63, 3.8) is 0 Å². The summed E-state index contributed by atoms with van der Waals surface area (Å²) >= 11 is 0. The second-order valence-corrected chi connectivity index (χ2v) is 5.50. The highest BCUT2D eigenvalue weighted by Gasteiger charge is 2.16. The summed E-state index contributed by atoms with van der Waals surface area (Å²) in [7, 11) is -4.94. The fraction of sp³-hybridized carbons (Fsp3) is 0. The van der Waals surface area contributed by atoms with E-state index in [9.17, 15) is 8.78 Å². The molecule has 1 heterocycles. The van der Waals surface area contributed by atoms with Crippen LogP contribution in [0.15, 0.2) is 71.1 Å². The van der Waals surface area contributed by atoms with Crippen molar-refractivity contribution in [3.8, 4) is 22.6 Å². The molecule has 130 valence electrons. The van der Waals surface area contributed by atoms with Gasteiger partial charge in [-0.3, -0.25) is 0 Å². The SMILES string of the molecule is Fc1ccc(-c2cccc(-c3ccc(F)cc3)[o+]2)cc1.[O-][Cl+3]([O-])([O-])[O-]. The van der Waals surface area contributed by atoms with Crippen molar-refractivity contribution in [1.29, 1.82) is 0 Å². The molecule has 2 aromatic carbocycles. The van der Waals surface area contributed by atoms with Crippen molar-refractivity contribution >= 4 is 0 Å². The van der Waals surface area contributed by atoms with Crippen LogP contribution in [-0.2, 0) is 0 Å². The third kappa shape index (κ3) is 6.54. The molecule has 3 aromatic rings. The first kappa shape index (κ1) is 18.9. The monoisotopic (exact) mass is 368 g/mol. The van der Waals surface area contributed by atoms with E-state index in [1.54, 1.807) is 36.4 Å². The molecule has 25 heavy (non-hydrogen) atoms. The summed E-state index contributed by atoms with van der Waals surface area (Å²) in [5.41, 5.74) is 1.57. The van der Waals surface area contributed by atoms with E-state index in [1.165, 1.54) is 24.3 Å². The Labute approximate surface area is 143 Å². The molecule has 1 aromatic heterocycles. The van der Waals surface area contributed by atoms with E-state index in [4.69, 9.17) is 23.1 Å². The zero-order valence-electron chi connectivity index (χ0n) is 12.5. The fourth-order valence-corrected chi connectivity index (χ4v) is 1.95. The van der Waals surface area contributed by atoms with Crippen molar-refractivity contribution in [2.45, 2.75) is 0 Å². The summed E-state index contributed by atoms with van der Waals surface area (Å²) in [6.07, 6.45) is 0. The standard InChI is InChI=1S/C17H11F2O.ClHO4/c18-14-8-4-12(5-9-14)16-2-1-3-17(20-16)13-6-10-15(19)11-7-13;2-1(3,4)5/h1-11H;(H,2,3,4,5)/q+1;/p-1. The van der Waals surface area contributed by atoms with Crippen LogP contribution in [0, 0.1) is 21.9 Å². The molecule has 0 N–H and O–H groups in total. The lowest BCUT2D eigenvalue weighted by molar-refractivity contribution is -2.00. The van der Waals surface area contributed by atoms with E-state index in [1.807, 2.05) is 6.07 Å². The van der Waals surface area contributed by atoms with Crippen molar-refractivity contribution in [1.82, 2.24) is 0 Å². The molecule has 0 radical (unpaired) electrons. The third-order valence-corrected chi connectivity index (χ3v) is 2.97. The first-order valence-corrected chi connectivity index (χ1v) is 8.02. The van der Waals surface area contributed by atoms with E-state index in [2.05, 4.69) is 0 Å². The van der Waals surface area contributed by atoms with Gasteiger partial charge >= 0.3 is 11.5 Å². The molecule has 0 saturated heterocycles. The van der Waals surface area contributed by atoms with Crippen molar-refractivity contribution in [2.75, 3.05) is 0 Å². The van der Waals surface area contributed by atoms with Gasteiger partial charge in [0.1, 0.15) is 11.6 Å². The molecule has 0 saturated carbocycles. The average Bonchev–Trinajstić information content (AvgIpc) is 2.55. The summed E-state index contributed by atoms with van der Waals surface area (Å²) in [6, 6.07) is 17.6. The van der Waals surface area contributed by atoms with E-state index < -0.39 is 10.2 Å². The van der Waals surface area contributed by atoms with Crippen molar-refractivity contribution in [3.05, 3.63) is 78.4 Å². The first-order valence-electron chi connectivity index (χ1n) is 6.79. The highest BCUT2D eigenvalue weighted by Crippen LogP contribution is 2.26. The van der Waals surface area contributed by atoms with Crippen LogP contribution in [0.5, 0.6) is 0 Å². The largest absolute Gasteiger partial charge is 0.360 e. The van der Waals surface area contributed by atoms with Crippen LogP contribution in [-0.4, -0.2) is 0 Å².